The standard InChI is InChI=1S/C30H30F4N2O5.C25H29BFNO5.C11H13BrF3NO2/c1-4-39-28(37)27-19-10-17-11-24(36-14-21(17)26(19)27)41-15-18-9-16(5-6-23(18)31)20-13-35-25(12-22(20)30(32,33)34)40-8-7-29(2,3)38;1-6-30-23(29)22-17-10-14-11-20(28-12-18(14)21(17)22)31-13-15-9-16(7-8-19(15)27)26-32-24(2,3)25(4,5)33-26;1-10(2,17)3-4-18-9-5-7(11(13,14)15)8(12)6-16-9/h5-6,9,11-14,19,26-27,38H,4,7-8,10,15H2,1-3H3;7-9,11-12,17,21-22H,6,10,13H2,1-5H3;5-6,17H,3-4H2,1-2H3. The molecule has 11 rings (SSSR count). The Morgan fingerprint density at radius 2 is 1.02 bits per heavy atom. The van der Waals surface area contributed by atoms with Crippen LogP contribution in [0.4, 0.5) is 35.1 Å². The Morgan fingerprint density at radius 1 is 0.598 bits per heavy atom. The van der Waals surface area contributed by atoms with Crippen LogP contribution in [0.15, 0.2) is 89.9 Å². The number of nitrogens with zero attached hydrogens (tertiary/aromatic N) is 4. The van der Waals surface area contributed by atoms with Gasteiger partial charge in [0.25, 0.3) is 0 Å². The average Bonchev–Trinajstić information content (AvgIpc) is 1.56. The fourth-order valence-corrected chi connectivity index (χ4v) is 11.7. The average molecular weight is 1360 g/mol. The minimum absolute atomic E-state index is 0.0187. The Kier molecular flexibility index (Phi) is 20.5. The number of halogens is 9. The van der Waals surface area contributed by atoms with Crippen LogP contribution in [0, 0.1) is 35.3 Å². The Labute approximate surface area is 536 Å². The number of ether oxygens (including phenoxy) is 6. The van der Waals surface area contributed by atoms with Crippen molar-refractivity contribution in [2.75, 3.05) is 26.4 Å². The molecule has 4 aliphatic carbocycles. The first-order valence-electron chi connectivity index (χ1n) is 30.1. The number of fused-ring (bicyclic) bond motifs is 6. The van der Waals surface area contributed by atoms with Gasteiger partial charge in [-0.2, -0.15) is 26.3 Å². The summed E-state index contributed by atoms with van der Waals surface area (Å²) < 4.78 is 153. The van der Waals surface area contributed by atoms with Crippen LogP contribution in [0.1, 0.15) is 138 Å². The molecule has 2 saturated carbocycles. The molecule has 3 fully saturated rings. The van der Waals surface area contributed by atoms with Crippen molar-refractivity contribution in [2.45, 2.75) is 155 Å². The molecule has 2 aromatic carbocycles. The summed E-state index contributed by atoms with van der Waals surface area (Å²) in [6.07, 6.45) is -1.65. The van der Waals surface area contributed by atoms with E-state index in [0.717, 1.165) is 64.7 Å². The van der Waals surface area contributed by atoms with Gasteiger partial charge in [-0.3, -0.25) is 9.59 Å². The van der Waals surface area contributed by atoms with Crippen molar-refractivity contribution in [2.24, 2.45) is 23.7 Å². The zero-order valence-electron chi connectivity index (χ0n) is 52.4. The van der Waals surface area contributed by atoms with Crippen LogP contribution in [0.25, 0.3) is 11.1 Å². The van der Waals surface area contributed by atoms with Crippen LogP contribution in [0.5, 0.6) is 23.5 Å². The summed E-state index contributed by atoms with van der Waals surface area (Å²) in [5, 5.41) is 19.2. The van der Waals surface area contributed by atoms with Gasteiger partial charge >= 0.3 is 31.4 Å². The summed E-state index contributed by atoms with van der Waals surface area (Å²) in [5.74, 6) is -0.349. The zero-order valence-corrected chi connectivity index (χ0v) is 53.9. The SMILES string of the molecule is CC(C)(O)CCOc1cc(C(F)(F)F)c(Br)cn1.CCOC(=O)C1C2Cc3cc(OCc4cc(-c5cnc(OCCC(C)(C)O)cc5C(F)(F)F)ccc4F)ncc3C21.CCOC(=O)C1C2Cc3cc(OCc4cc(B5OC(C)(C)C(C)(C)O5)ccc4F)ncc3C21. The number of aromatic nitrogens is 4. The summed E-state index contributed by atoms with van der Waals surface area (Å²) in [5.41, 5.74) is 0.585. The number of pyridine rings is 4. The number of benzene rings is 2. The molecule has 92 heavy (non-hydrogen) atoms. The van der Waals surface area contributed by atoms with E-state index in [1.54, 1.807) is 65.2 Å². The van der Waals surface area contributed by atoms with Crippen LogP contribution in [0.2, 0.25) is 0 Å². The minimum atomic E-state index is -4.72. The van der Waals surface area contributed by atoms with Crippen LogP contribution in [-0.2, 0) is 66.8 Å². The highest BCUT2D eigenvalue weighted by molar-refractivity contribution is 9.10. The van der Waals surface area contributed by atoms with Crippen LogP contribution < -0.4 is 24.4 Å². The van der Waals surface area contributed by atoms with Crippen LogP contribution >= 0.6 is 15.9 Å². The fraction of sp³-hybridized carbons (Fsp3) is 0.485. The molecule has 6 aromatic rings. The van der Waals surface area contributed by atoms with Gasteiger partial charge in [0, 0.05) is 94.9 Å². The molecule has 6 atom stereocenters. The van der Waals surface area contributed by atoms with Crippen molar-refractivity contribution in [3.05, 3.63) is 146 Å². The van der Waals surface area contributed by atoms with Gasteiger partial charge in [-0.05, 0) is 161 Å². The maximum atomic E-state index is 14.7. The minimum Gasteiger partial charge on any atom is -0.478 e. The lowest BCUT2D eigenvalue weighted by Crippen LogP contribution is -2.41. The molecule has 6 unspecified atom stereocenters. The smallest absolute Gasteiger partial charge is 0.478 e. The molecule has 26 heteroatoms. The van der Waals surface area contributed by atoms with Crippen molar-refractivity contribution in [1.29, 1.82) is 0 Å². The predicted octanol–water partition coefficient (Wildman–Crippen LogP) is 12.8. The highest BCUT2D eigenvalue weighted by atomic mass is 79.9. The predicted molar refractivity (Wildman–Crippen MR) is 324 cm³/mol. The van der Waals surface area contributed by atoms with Crippen LogP contribution in [-0.4, -0.2) is 98.0 Å². The van der Waals surface area contributed by atoms with Gasteiger partial charge in [0.1, 0.15) is 24.8 Å². The third-order valence-electron chi connectivity index (χ3n) is 17.0. The summed E-state index contributed by atoms with van der Waals surface area (Å²) in [6, 6.07) is 13.7. The number of carbonyl (C=O) groups is 2. The van der Waals surface area contributed by atoms with E-state index >= 15 is 0 Å². The van der Waals surface area contributed by atoms with E-state index in [9.17, 15) is 54.9 Å². The number of aliphatic hydroxyl groups is 2. The maximum Gasteiger partial charge on any atom is 0.494 e. The van der Waals surface area contributed by atoms with E-state index in [1.807, 2.05) is 40.7 Å². The Morgan fingerprint density at radius 3 is 1.48 bits per heavy atom. The highest BCUT2D eigenvalue weighted by Crippen LogP contribution is 2.63. The molecule has 5 heterocycles. The number of alkyl halides is 6. The van der Waals surface area contributed by atoms with Gasteiger partial charge in [-0.15, -0.1) is 0 Å². The molecule has 0 radical (unpaired) electrons. The van der Waals surface area contributed by atoms with Crippen molar-refractivity contribution in [3.8, 4) is 34.6 Å². The molecule has 1 saturated heterocycles. The Bertz CT molecular complexity index is 3660. The van der Waals surface area contributed by atoms with E-state index in [-0.39, 0.29) is 119 Å². The topological polar surface area (TPSA) is 200 Å². The van der Waals surface area contributed by atoms with Gasteiger partial charge in [-0.25, -0.2) is 28.7 Å². The molecule has 494 valence electrons. The normalized spacial score (nSPS) is 20.4. The second kappa shape index (κ2) is 27.2. The van der Waals surface area contributed by atoms with E-state index in [4.69, 9.17) is 37.7 Å². The highest BCUT2D eigenvalue weighted by Gasteiger charge is 2.61. The number of hydrogen-bond acceptors (Lipinski definition) is 16. The first-order valence-corrected chi connectivity index (χ1v) is 30.8. The van der Waals surface area contributed by atoms with Gasteiger partial charge in [0.15, 0.2) is 0 Å². The van der Waals surface area contributed by atoms with Gasteiger partial charge in [-0.1, -0.05) is 18.2 Å². The number of rotatable bonds is 20. The van der Waals surface area contributed by atoms with Crippen molar-refractivity contribution in [1.82, 2.24) is 19.9 Å². The van der Waals surface area contributed by atoms with E-state index < -0.39 is 58.8 Å². The van der Waals surface area contributed by atoms with Crippen LogP contribution in [0.3, 0.4) is 0 Å². The number of esters is 2. The lowest BCUT2D eigenvalue weighted by molar-refractivity contribution is -0.146. The molecular weight excluding hydrogens is 1280 g/mol. The molecule has 0 bridgehead atoms. The second-order valence-electron chi connectivity index (χ2n) is 25.5. The van der Waals surface area contributed by atoms with Gasteiger partial charge in [0.05, 0.1) is 71.8 Å². The summed E-state index contributed by atoms with van der Waals surface area (Å²) >= 11 is 2.79. The number of carbonyl (C=O) groups excluding carboxylic acids is 2. The first kappa shape index (κ1) is 69.3. The molecule has 16 nitrogen and oxygen atoms in total. The summed E-state index contributed by atoms with van der Waals surface area (Å²) in [7, 11) is -0.563. The lowest BCUT2D eigenvalue weighted by Gasteiger charge is -2.32. The van der Waals surface area contributed by atoms with Crippen molar-refractivity contribution in [3.63, 3.8) is 0 Å². The zero-order chi connectivity index (χ0) is 67.0. The van der Waals surface area contributed by atoms with E-state index in [2.05, 4.69) is 35.9 Å². The molecule has 0 spiro atoms. The maximum absolute atomic E-state index is 14.7. The second-order valence-corrected chi connectivity index (χ2v) is 26.4. The summed E-state index contributed by atoms with van der Waals surface area (Å²) in [4.78, 5) is 40.6. The molecule has 0 amide bonds. The molecule has 4 aromatic heterocycles. The first-order chi connectivity index (χ1) is 43.1. The quantitative estimate of drug-likeness (QED) is 0.0415. The van der Waals surface area contributed by atoms with Gasteiger partial charge < -0.3 is 47.9 Å². The Balaban J connectivity index is 0.000000175. The number of hydrogen-bond donors (Lipinski definition) is 2. The van der Waals surface area contributed by atoms with Crippen molar-refractivity contribution < 1.29 is 92.7 Å². The van der Waals surface area contributed by atoms with Gasteiger partial charge in [0.2, 0.25) is 23.5 Å². The molecular formula is C66H72BBrF8N4O12. The molecule has 5 aliphatic rings. The summed E-state index contributed by atoms with van der Waals surface area (Å²) in [6.45, 7) is 18.4. The molecule has 2 N–H and O–H groups in total. The Hall–Kier alpha value is -7.00. The third-order valence-corrected chi connectivity index (χ3v) is 17.7. The third kappa shape index (κ3) is 16.5. The largest absolute Gasteiger partial charge is 0.494 e. The van der Waals surface area contributed by atoms with Crippen molar-refractivity contribution >= 4 is 40.4 Å². The monoisotopic (exact) mass is 1350 g/mol. The van der Waals surface area contributed by atoms with E-state index in [0.29, 0.717) is 43.4 Å². The molecule has 1 aliphatic heterocycles. The fourth-order valence-electron chi connectivity index (χ4n) is 11.3. The van der Waals surface area contributed by atoms with E-state index in [1.165, 1.54) is 18.2 Å². The lowest BCUT2D eigenvalue weighted by atomic mass is 9.78.